The van der Waals surface area contributed by atoms with E-state index >= 15 is 0 Å². The zero-order chi connectivity index (χ0) is 13.5. The Kier molecular flexibility index (Phi) is 5.47. The first-order valence-electron chi connectivity index (χ1n) is 5.97. The summed E-state index contributed by atoms with van der Waals surface area (Å²) in [6.45, 7) is 1.99. The number of ether oxygens (including phenoxy) is 2. The molecule has 4 nitrogen and oxygen atoms in total. The number of hydrogen-bond donors (Lipinski definition) is 1. The lowest BCUT2D eigenvalue weighted by Crippen LogP contribution is -2.12. The largest absolute Gasteiger partial charge is 0.497 e. The zero-order valence-corrected chi connectivity index (χ0v) is 11.0. The van der Waals surface area contributed by atoms with Gasteiger partial charge >= 0.3 is 0 Å². The van der Waals surface area contributed by atoms with Gasteiger partial charge in [-0.15, -0.1) is 0 Å². The Balaban J connectivity index is 3.04. The van der Waals surface area contributed by atoms with E-state index in [0.717, 1.165) is 6.42 Å². The second-order valence-corrected chi connectivity index (χ2v) is 4.08. The number of benzene rings is 1. The molecule has 2 atom stereocenters. The van der Waals surface area contributed by atoms with Crippen LogP contribution >= 0.6 is 0 Å². The van der Waals surface area contributed by atoms with Crippen LogP contribution in [0.5, 0.6) is 11.5 Å². The van der Waals surface area contributed by atoms with Gasteiger partial charge in [-0.05, 0) is 18.6 Å². The minimum Gasteiger partial charge on any atom is -0.497 e. The van der Waals surface area contributed by atoms with Crippen LogP contribution in [0.4, 0.5) is 0 Å². The van der Waals surface area contributed by atoms with E-state index < -0.39 is 12.0 Å². The van der Waals surface area contributed by atoms with E-state index in [1.807, 2.05) is 6.92 Å². The molecule has 18 heavy (non-hydrogen) atoms. The van der Waals surface area contributed by atoms with E-state index in [-0.39, 0.29) is 0 Å². The van der Waals surface area contributed by atoms with Crippen LogP contribution in [-0.4, -0.2) is 19.3 Å². The van der Waals surface area contributed by atoms with Crippen molar-refractivity contribution >= 4 is 0 Å². The van der Waals surface area contributed by atoms with Gasteiger partial charge in [-0.1, -0.05) is 13.3 Å². The Morgan fingerprint density at radius 2 is 2.06 bits per heavy atom. The van der Waals surface area contributed by atoms with Crippen molar-refractivity contribution < 1.29 is 14.6 Å². The van der Waals surface area contributed by atoms with Crippen molar-refractivity contribution in [2.75, 3.05) is 14.2 Å². The maximum absolute atomic E-state index is 10.2. The van der Waals surface area contributed by atoms with Crippen LogP contribution < -0.4 is 9.47 Å². The molecule has 98 valence electrons. The molecule has 4 heteroatoms. The van der Waals surface area contributed by atoms with Gasteiger partial charge in [-0.3, -0.25) is 0 Å². The maximum Gasteiger partial charge on any atom is 0.128 e. The van der Waals surface area contributed by atoms with Gasteiger partial charge in [0.1, 0.15) is 11.5 Å². The van der Waals surface area contributed by atoms with E-state index in [4.69, 9.17) is 14.7 Å². The van der Waals surface area contributed by atoms with E-state index in [2.05, 4.69) is 6.07 Å². The van der Waals surface area contributed by atoms with Gasteiger partial charge < -0.3 is 14.6 Å². The van der Waals surface area contributed by atoms with Gasteiger partial charge in [-0.2, -0.15) is 5.26 Å². The average molecular weight is 249 g/mol. The molecule has 0 saturated carbocycles. The van der Waals surface area contributed by atoms with Crippen molar-refractivity contribution in [3.63, 3.8) is 0 Å². The Hall–Kier alpha value is -1.73. The first-order valence-corrected chi connectivity index (χ1v) is 5.97. The van der Waals surface area contributed by atoms with Crippen LogP contribution in [0.25, 0.3) is 0 Å². The van der Waals surface area contributed by atoms with Crippen molar-refractivity contribution in [2.45, 2.75) is 25.9 Å². The maximum atomic E-state index is 10.2. The van der Waals surface area contributed by atoms with Gasteiger partial charge in [0.15, 0.2) is 0 Å². The molecule has 1 aromatic carbocycles. The number of aliphatic hydroxyl groups excluding tert-OH is 1. The minimum absolute atomic E-state index is 0.419. The predicted molar refractivity (Wildman–Crippen MR) is 68.5 cm³/mol. The van der Waals surface area contributed by atoms with Gasteiger partial charge in [0, 0.05) is 11.6 Å². The van der Waals surface area contributed by atoms with Crippen LogP contribution in [0.15, 0.2) is 18.2 Å². The molecule has 0 aromatic heterocycles. The average Bonchev–Trinajstić information content (AvgIpc) is 2.43. The third kappa shape index (κ3) is 3.14. The lowest BCUT2D eigenvalue weighted by Gasteiger charge is -2.19. The van der Waals surface area contributed by atoms with Crippen LogP contribution in [0, 0.1) is 17.2 Å². The number of nitriles is 1. The van der Waals surface area contributed by atoms with Crippen LogP contribution in [0.1, 0.15) is 31.4 Å². The topological polar surface area (TPSA) is 62.5 Å². The van der Waals surface area contributed by atoms with Crippen molar-refractivity contribution in [3.8, 4) is 17.6 Å². The molecule has 0 heterocycles. The molecule has 1 N–H and O–H groups in total. The highest BCUT2D eigenvalue weighted by Gasteiger charge is 2.23. The molecule has 0 aliphatic rings. The molecule has 0 aliphatic heterocycles. The Morgan fingerprint density at radius 3 is 2.56 bits per heavy atom. The first kappa shape index (κ1) is 14.3. The summed E-state index contributed by atoms with van der Waals surface area (Å²) < 4.78 is 10.3. The van der Waals surface area contributed by atoms with Crippen LogP contribution in [0.3, 0.4) is 0 Å². The van der Waals surface area contributed by atoms with E-state index in [9.17, 15) is 5.11 Å². The van der Waals surface area contributed by atoms with E-state index in [0.29, 0.717) is 23.5 Å². The number of rotatable bonds is 6. The summed E-state index contributed by atoms with van der Waals surface area (Å²) in [5, 5.41) is 19.3. The van der Waals surface area contributed by atoms with E-state index in [1.165, 1.54) is 7.11 Å². The SMILES string of the molecule is CCCC(C#N)C(O)c1ccc(OC)cc1OC. The fourth-order valence-electron chi connectivity index (χ4n) is 1.88. The molecule has 0 saturated heterocycles. The van der Waals surface area contributed by atoms with Crippen molar-refractivity contribution in [1.29, 1.82) is 5.26 Å². The Labute approximate surface area is 108 Å². The molecular formula is C14H19NO3. The second-order valence-electron chi connectivity index (χ2n) is 4.08. The van der Waals surface area contributed by atoms with Crippen molar-refractivity contribution in [3.05, 3.63) is 23.8 Å². The van der Waals surface area contributed by atoms with Gasteiger partial charge in [0.25, 0.3) is 0 Å². The highest BCUT2D eigenvalue weighted by atomic mass is 16.5. The first-order chi connectivity index (χ1) is 8.67. The molecule has 0 spiro atoms. The Morgan fingerprint density at radius 1 is 1.33 bits per heavy atom. The van der Waals surface area contributed by atoms with Gasteiger partial charge in [0.05, 0.1) is 32.3 Å². The zero-order valence-electron chi connectivity index (χ0n) is 11.0. The molecule has 0 aliphatic carbocycles. The lowest BCUT2D eigenvalue weighted by atomic mass is 9.92. The Bertz CT molecular complexity index is 426. The molecule has 0 radical (unpaired) electrons. The quantitative estimate of drug-likeness (QED) is 0.842. The number of hydrogen-bond acceptors (Lipinski definition) is 4. The number of nitrogens with zero attached hydrogens (tertiary/aromatic N) is 1. The molecule has 0 fully saturated rings. The number of methoxy groups -OCH3 is 2. The summed E-state index contributed by atoms with van der Waals surface area (Å²) >= 11 is 0. The molecule has 0 amide bonds. The summed E-state index contributed by atoms with van der Waals surface area (Å²) in [6.07, 6.45) is 0.677. The summed E-state index contributed by atoms with van der Waals surface area (Å²) in [6, 6.07) is 7.34. The molecular weight excluding hydrogens is 230 g/mol. The minimum atomic E-state index is -0.837. The standard InChI is InChI=1S/C14H19NO3/c1-4-5-10(9-15)14(16)12-7-6-11(17-2)8-13(12)18-3/h6-8,10,14,16H,4-5H2,1-3H3. The molecule has 0 bridgehead atoms. The van der Waals surface area contributed by atoms with Crippen molar-refractivity contribution in [1.82, 2.24) is 0 Å². The molecule has 1 aromatic rings. The molecule has 2 unspecified atom stereocenters. The highest BCUT2D eigenvalue weighted by molar-refractivity contribution is 5.42. The monoisotopic (exact) mass is 249 g/mol. The van der Waals surface area contributed by atoms with Gasteiger partial charge in [0.2, 0.25) is 0 Å². The number of aliphatic hydroxyl groups is 1. The smallest absolute Gasteiger partial charge is 0.128 e. The van der Waals surface area contributed by atoms with Crippen molar-refractivity contribution in [2.24, 2.45) is 5.92 Å². The molecule has 1 rings (SSSR count). The lowest BCUT2D eigenvalue weighted by molar-refractivity contribution is 0.126. The summed E-state index contributed by atoms with van der Waals surface area (Å²) in [4.78, 5) is 0. The fourth-order valence-corrected chi connectivity index (χ4v) is 1.88. The second kappa shape index (κ2) is 6.87. The van der Waals surface area contributed by atoms with Gasteiger partial charge in [-0.25, -0.2) is 0 Å². The summed E-state index contributed by atoms with van der Waals surface area (Å²) in [5.41, 5.74) is 0.623. The third-order valence-electron chi connectivity index (χ3n) is 2.91. The normalized spacial score (nSPS) is 13.5. The van der Waals surface area contributed by atoms with Crippen LogP contribution in [0.2, 0.25) is 0 Å². The fraction of sp³-hybridized carbons (Fsp3) is 0.500. The summed E-state index contributed by atoms with van der Waals surface area (Å²) in [7, 11) is 3.10. The van der Waals surface area contributed by atoms with E-state index in [1.54, 1.807) is 25.3 Å². The summed E-state index contributed by atoms with van der Waals surface area (Å²) in [5.74, 6) is 0.780. The third-order valence-corrected chi connectivity index (χ3v) is 2.91. The van der Waals surface area contributed by atoms with Crippen LogP contribution in [-0.2, 0) is 0 Å². The highest BCUT2D eigenvalue weighted by Crippen LogP contribution is 2.34. The predicted octanol–water partition coefficient (Wildman–Crippen LogP) is 2.68.